The molecule has 19 heavy (non-hydrogen) atoms. The van der Waals surface area contributed by atoms with Gasteiger partial charge in [0.2, 0.25) is 10.0 Å². The van der Waals surface area contributed by atoms with Crippen molar-refractivity contribution in [2.24, 2.45) is 0 Å². The van der Waals surface area contributed by atoms with Gasteiger partial charge in [-0.25, -0.2) is 8.42 Å². The molecule has 0 bridgehead atoms. The van der Waals surface area contributed by atoms with Gasteiger partial charge in [0.15, 0.2) is 0 Å². The maximum Gasteiger partial charge on any atom is 0.321 e. The van der Waals surface area contributed by atoms with E-state index in [-0.39, 0.29) is 24.6 Å². The molecule has 1 heterocycles. The Kier molecular flexibility index (Phi) is 5.49. The molecule has 0 saturated heterocycles. The van der Waals surface area contributed by atoms with Crippen LogP contribution in [-0.4, -0.2) is 48.6 Å². The molecular formula is C11H19N3O4S. The van der Waals surface area contributed by atoms with Crippen LogP contribution in [0.15, 0.2) is 11.1 Å². The van der Waals surface area contributed by atoms with Gasteiger partial charge in [-0.15, -0.1) is 0 Å². The molecule has 0 amide bonds. The molecule has 0 atom stereocenters. The largest absolute Gasteiger partial charge is 0.465 e. The number of hydrogen-bond donors (Lipinski definition) is 1. The summed E-state index contributed by atoms with van der Waals surface area (Å²) in [5.74, 6) is -0.555. The highest BCUT2D eigenvalue weighted by Crippen LogP contribution is 2.17. The number of nitrogens with one attached hydrogen (secondary N) is 1. The van der Waals surface area contributed by atoms with Gasteiger partial charge in [0.05, 0.1) is 18.5 Å². The molecule has 0 saturated carbocycles. The van der Waals surface area contributed by atoms with Gasteiger partial charge in [-0.2, -0.15) is 9.40 Å². The van der Waals surface area contributed by atoms with Crippen LogP contribution >= 0.6 is 0 Å². The Labute approximate surface area is 113 Å². The molecule has 1 aromatic heterocycles. The first-order valence-corrected chi connectivity index (χ1v) is 7.53. The minimum atomic E-state index is -3.73. The number of esters is 1. The lowest BCUT2D eigenvalue weighted by Crippen LogP contribution is -2.37. The number of hydrogen-bond acceptors (Lipinski definition) is 5. The molecule has 108 valence electrons. The van der Waals surface area contributed by atoms with E-state index < -0.39 is 16.0 Å². The smallest absolute Gasteiger partial charge is 0.321 e. The predicted molar refractivity (Wildman–Crippen MR) is 69.0 cm³/mol. The second-order valence-corrected chi connectivity index (χ2v) is 5.91. The fourth-order valence-electron chi connectivity index (χ4n) is 1.62. The Hall–Kier alpha value is -1.41. The number of H-pyrrole nitrogens is 1. The van der Waals surface area contributed by atoms with Gasteiger partial charge in [0.1, 0.15) is 11.4 Å². The zero-order chi connectivity index (χ0) is 14.5. The van der Waals surface area contributed by atoms with Gasteiger partial charge in [0.25, 0.3) is 0 Å². The Morgan fingerprint density at radius 1 is 1.47 bits per heavy atom. The second kappa shape index (κ2) is 6.67. The number of nitrogens with zero attached hydrogens (tertiary/aromatic N) is 2. The van der Waals surface area contributed by atoms with Gasteiger partial charge in [-0.05, 0) is 20.3 Å². The van der Waals surface area contributed by atoms with Crippen LogP contribution in [0, 0.1) is 6.92 Å². The fourth-order valence-corrected chi connectivity index (χ4v) is 3.22. The third kappa shape index (κ3) is 3.77. The molecule has 0 aliphatic carbocycles. The highest BCUT2D eigenvalue weighted by atomic mass is 32.2. The summed E-state index contributed by atoms with van der Waals surface area (Å²) in [5, 5.41) is 6.28. The molecule has 1 rings (SSSR count). The van der Waals surface area contributed by atoms with E-state index in [4.69, 9.17) is 4.74 Å². The number of ether oxygens (including phenoxy) is 1. The number of aromatic amines is 1. The number of aryl methyl sites for hydroxylation is 1. The van der Waals surface area contributed by atoms with Crippen molar-refractivity contribution in [1.82, 2.24) is 14.5 Å². The van der Waals surface area contributed by atoms with Gasteiger partial charge in [0, 0.05) is 6.54 Å². The van der Waals surface area contributed by atoms with E-state index in [0.717, 1.165) is 4.31 Å². The summed E-state index contributed by atoms with van der Waals surface area (Å²) >= 11 is 0. The molecule has 0 unspecified atom stereocenters. The molecule has 0 radical (unpaired) electrons. The average Bonchev–Trinajstić information content (AvgIpc) is 2.76. The monoisotopic (exact) mass is 289 g/mol. The number of rotatable bonds is 7. The SMILES string of the molecule is CCCN(CC(=O)OCC)S(=O)(=O)c1cn[nH]c1C. The Morgan fingerprint density at radius 2 is 2.16 bits per heavy atom. The van der Waals surface area contributed by atoms with E-state index in [0.29, 0.717) is 12.1 Å². The van der Waals surface area contributed by atoms with E-state index in [9.17, 15) is 13.2 Å². The van der Waals surface area contributed by atoms with Crippen LogP contribution in [0.4, 0.5) is 0 Å². The van der Waals surface area contributed by atoms with Crippen LogP contribution in [0.5, 0.6) is 0 Å². The molecule has 1 N–H and O–H groups in total. The lowest BCUT2D eigenvalue weighted by atomic mass is 10.5. The Balaban J connectivity index is 2.98. The van der Waals surface area contributed by atoms with Gasteiger partial charge >= 0.3 is 5.97 Å². The summed E-state index contributed by atoms with van der Waals surface area (Å²) in [6.07, 6.45) is 1.86. The van der Waals surface area contributed by atoms with Crippen LogP contribution in [0.25, 0.3) is 0 Å². The molecule has 0 aliphatic heterocycles. The second-order valence-electron chi connectivity index (χ2n) is 4.00. The minimum absolute atomic E-state index is 0.0882. The maximum atomic E-state index is 12.4. The van der Waals surface area contributed by atoms with Crippen molar-refractivity contribution < 1.29 is 17.9 Å². The van der Waals surface area contributed by atoms with Gasteiger partial charge in [-0.1, -0.05) is 6.92 Å². The summed E-state index contributed by atoms with van der Waals surface area (Å²) in [7, 11) is -3.73. The number of carbonyl (C=O) groups is 1. The summed E-state index contributed by atoms with van der Waals surface area (Å²) in [5.41, 5.74) is 0.449. The maximum absolute atomic E-state index is 12.4. The molecule has 7 nitrogen and oxygen atoms in total. The fraction of sp³-hybridized carbons (Fsp3) is 0.636. The summed E-state index contributed by atoms with van der Waals surface area (Å²) in [6.45, 7) is 5.34. The van der Waals surface area contributed by atoms with Crippen LogP contribution in [0.2, 0.25) is 0 Å². The van der Waals surface area contributed by atoms with Crippen molar-refractivity contribution in [3.05, 3.63) is 11.9 Å². The van der Waals surface area contributed by atoms with Crippen molar-refractivity contribution in [3.63, 3.8) is 0 Å². The van der Waals surface area contributed by atoms with Gasteiger partial charge in [-0.3, -0.25) is 9.89 Å². The van der Waals surface area contributed by atoms with Crippen molar-refractivity contribution in [3.8, 4) is 0 Å². The molecule has 8 heteroatoms. The normalized spacial score (nSPS) is 11.8. The van der Waals surface area contributed by atoms with E-state index in [2.05, 4.69) is 10.2 Å². The van der Waals surface area contributed by atoms with E-state index in [1.165, 1.54) is 6.20 Å². The van der Waals surface area contributed by atoms with Crippen LogP contribution in [0.1, 0.15) is 26.0 Å². The lowest BCUT2D eigenvalue weighted by molar-refractivity contribution is -0.143. The highest BCUT2D eigenvalue weighted by Gasteiger charge is 2.28. The zero-order valence-electron chi connectivity index (χ0n) is 11.3. The number of aromatic nitrogens is 2. The van der Waals surface area contributed by atoms with E-state index in [1.54, 1.807) is 13.8 Å². The topological polar surface area (TPSA) is 92.4 Å². The van der Waals surface area contributed by atoms with E-state index >= 15 is 0 Å². The standard InChI is InChI=1S/C11H19N3O4S/c1-4-6-14(8-11(15)18-5-2)19(16,17)10-7-12-13-9(10)3/h7H,4-6,8H2,1-3H3,(H,12,13). The average molecular weight is 289 g/mol. The zero-order valence-corrected chi connectivity index (χ0v) is 12.2. The van der Waals surface area contributed by atoms with Gasteiger partial charge < -0.3 is 4.74 Å². The third-order valence-electron chi connectivity index (χ3n) is 2.49. The number of carbonyl (C=O) groups excluding carboxylic acids is 1. The molecule has 1 aromatic rings. The molecule has 0 aliphatic rings. The van der Waals surface area contributed by atoms with Crippen LogP contribution in [0.3, 0.4) is 0 Å². The summed E-state index contributed by atoms with van der Waals surface area (Å²) in [6, 6.07) is 0. The van der Waals surface area contributed by atoms with E-state index in [1.807, 2.05) is 6.92 Å². The first kappa shape index (κ1) is 15.6. The Bertz CT molecular complexity index is 524. The minimum Gasteiger partial charge on any atom is -0.465 e. The van der Waals surface area contributed by atoms with Crippen molar-refractivity contribution in [2.75, 3.05) is 19.7 Å². The van der Waals surface area contributed by atoms with Crippen molar-refractivity contribution in [1.29, 1.82) is 0 Å². The first-order chi connectivity index (χ1) is 8.93. The van der Waals surface area contributed by atoms with Crippen LogP contribution in [-0.2, 0) is 19.6 Å². The molecular weight excluding hydrogens is 270 g/mol. The van der Waals surface area contributed by atoms with Crippen molar-refractivity contribution >= 4 is 16.0 Å². The summed E-state index contributed by atoms with van der Waals surface area (Å²) in [4.78, 5) is 11.6. The summed E-state index contributed by atoms with van der Waals surface area (Å²) < 4.78 is 30.7. The third-order valence-corrected chi connectivity index (χ3v) is 4.44. The highest BCUT2D eigenvalue weighted by molar-refractivity contribution is 7.89. The van der Waals surface area contributed by atoms with Crippen molar-refractivity contribution in [2.45, 2.75) is 32.1 Å². The van der Waals surface area contributed by atoms with Crippen LogP contribution < -0.4 is 0 Å². The lowest BCUT2D eigenvalue weighted by Gasteiger charge is -2.20. The quantitative estimate of drug-likeness (QED) is 0.745. The molecule has 0 aromatic carbocycles. The molecule has 0 spiro atoms. The molecule has 0 fully saturated rings. The Morgan fingerprint density at radius 3 is 2.63 bits per heavy atom. The predicted octanol–water partition coefficient (Wildman–Crippen LogP) is 0.682. The number of sulfonamides is 1. The first-order valence-electron chi connectivity index (χ1n) is 6.09.